The maximum atomic E-state index is 12.3. The van der Waals surface area contributed by atoms with Crippen molar-refractivity contribution in [3.63, 3.8) is 0 Å². The van der Waals surface area contributed by atoms with E-state index in [-0.39, 0.29) is 5.91 Å². The van der Waals surface area contributed by atoms with Gasteiger partial charge in [0.25, 0.3) is 5.91 Å². The van der Waals surface area contributed by atoms with Crippen molar-refractivity contribution in [1.82, 2.24) is 10.3 Å². The predicted octanol–water partition coefficient (Wildman–Crippen LogP) is 3.29. The summed E-state index contributed by atoms with van der Waals surface area (Å²) < 4.78 is 0. The molecular weight excluding hydrogens is 310 g/mol. The van der Waals surface area contributed by atoms with Gasteiger partial charge in [0.15, 0.2) is 0 Å². The molecule has 0 unspecified atom stereocenters. The van der Waals surface area contributed by atoms with Crippen LogP contribution in [0.2, 0.25) is 0 Å². The number of benzene rings is 1. The number of thiazole rings is 1. The van der Waals surface area contributed by atoms with Crippen molar-refractivity contribution in [1.29, 1.82) is 0 Å². The van der Waals surface area contributed by atoms with Gasteiger partial charge >= 0.3 is 0 Å². The molecule has 6 heteroatoms. The highest BCUT2D eigenvalue weighted by Crippen LogP contribution is 2.25. The molecule has 3 rings (SSSR count). The maximum Gasteiger partial charge on any atom is 0.267 e. The fraction of sp³-hybridized carbons (Fsp3) is 0.353. The molecule has 1 aliphatic heterocycles. The van der Waals surface area contributed by atoms with Gasteiger partial charge in [-0.2, -0.15) is 0 Å². The standard InChI is InChI=1S/C17H19N3O2S/c1-11-5-4-6-13(7-11)15-19-14(10-23-15)9-18-16(21)17(3)8-12(2)20-22-17/h4-7,10H,8-9H2,1-3H3,(H,18,21)/t17-/m1/s1. The van der Waals surface area contributed by atoms with E-state index in [9.17, 15) is 4.79 Å². The Kier molecular flexibility index (Phi) is 4.17. The Labute approximate surface area is 139 Å². The van der Waals surface area contributed by atoms with Crippen LogP contribution in [0, 0.1) is 6.92 Å². The Balaban J connectivity index is 1.63. The normalized spacial score (nSPS) is 20.0. The fourth-order valence-electron chi connectivity index (χ4n) is 2.51. The lowest BCUT2D eigenvalue weighted by Gasteiger charge is -2.19. The molecule has 120 valence electrons. The number of carbonyl (C=O) groups is 1. The minimum absolute atomic E-state index is 0.164. The molecule has 0 fully saturated rings. The second-order valence-electron chi connectivity index (χ2n) is 6.02. The van der Waals surface area contributed by atoms with Gasteiger partial charge in [0.1, 0.15) is 5.01 Å². The Morgan fingerprint density at radius 1 is 1.43 bits per heavy atom. The van der Waals surface area contributed by atoms with Crippen LogP contribution in [0.25, 0.3) is 10.6 Å². The molecule has 0 saturated carbocycles. The third-order valence-electron chi connectivity index (χ3n) is 3.72. The maximum absolute atomic E-state index is 12.3. The summed E-state index contributed by atoms with van der Waals surface area (Å²) in [6, 6.07) is 8.23. The quantitative estimate of drug-likeness (QED) is 0.936. The van der Waals surface area contributed by atoms with Crippen LogP contribution in [0.1, 0.15) is 31.5 Å². The zero-order chi connectivity index (χ0) is 16.4. The van der Waals surface area contributed by atoms with E-state index in [1.807, 2.05) is 24.4 Å². The molecule has 0 radical (unpaired) electrons. The summed E-state index contributed by atoms with van der Waals surface area (Å²) in [7, 11) is 0. The molecule has 1 aromatic heterocycles. The van der Waals surface area contributed by atoms with Gasteiger partial charge in [-0.1, -0.05) is 28.9 Å². The lowest BCUT2D eigenvalue weighted by atomic mass is 9.99. The van der Waals surface area contributed by atoms with E-state index in [2.05, 4.69) is 34.5 Å². The summed E-state index contributed by atoms with van der Waals surface area (Å²) in [5, 5.41) is 9.67. The molecular formula is C17H19N3O2S. The molecule has 1 aromatic carbocycles. The largest absolute Gasteiger partial charge is 0.379 e. The first-order valence-corrected chi connectivity index (χ1v) is 8.36. The molecule has 2 aromatic rings. The van der Waals surface area contributed by atoms with Crippen LogP contribution >= 0.6 is 11.3 Å². The van der Waals surface area contributed by atoms with Crippen LogP contribution < -0.4 is 5.32 Å². The number of amides is 1. The van der Waals surface area contributed by atoms with Crippen molar-refractivity contribution < 1.29 is 9.63 Å². The highest BCUT2D eigenvalue weighted by Gasteiger charge is 2.40. The van der Waals surface area contributed by atoms with Gasteiger partial charge in [-0.25, -0.2) is 4.98 Å². The van der Waals surface area contributed by atoms with Crippen molar-refractivity contribution in [3.05, 3.63) is 40.9 Å². The second kappa shape index (κ2) is 6.12. The minimum atomic E-state index is -0.903. The van der Waals surface area contributed by atoms with Gasteiger partial charge in [0, 0.05) is 17.4 Å². The number of hydrogen-bond acceptors (Lipinski definition) is 5. The molecule has 23 heavy (non-hydrogen) atoms. The average molecular weight is 329 g/mol. The number of aromatic nitrogens is 1. The second-order valence-corrected chi connectivity index (χ2v) is 6.88. The number of nitrogens with zero attached hydrogens (tertiary/aromatic N) is 2. The molecule has 1 amide bonds. The van der Waals surface area contributed by atoms with Crippen LogP contribution in [-0.2, 0) is 16.2 Å². The van der Waals surface area contributed by atoms with Crippen molar-refractivity contribution in [3.8, 4) is 10.6 Å². The number of rotatable bonds is 4. The molecule has 2 heterocycles. The molecule has 0 bridgehead atoms. The van der Waals surface area contributed by atoms with Crippen LogP contribution in [0.3, 0.4) is 0 Å². The Morgan fingerprint density at radius 2 is 2.26 bits per heavy atom. The van der Waals surface area contributed by atoms with Crippen molar-refractivity contribution in [2.45, 2.75) is 39.3 Å². The van der Waals surface area contributed by atoms with E-state index in [0.29, 0.717) is 13.0 Å². The smallest absolute Gasteiger partial charge is 0.267 e. The van der Waals surface area contributed by atoms with Gasteiger partial charge in [0.05, 0.1) is 18.0 Å². The monoisotopic (exact) mass is 329 g/mol. The number of oxime groups is 1. The number of nitrogens with one attached hydrogen (secondary N) is 1. The van der Waals surface area contributed by atoms with Gasteiger partial charge in [0.2, 0.25) is 5.60 Å². The summed E-state index contributed by atoms with van der Waals surface area (Å²) in [6.45, 7) is 6.05. The molecule has 0 saturated heterocycles. The van der Waals surface area contributed by atoms with E-state index >= 15 is 0 Å². The van der Waals surface area contributed by atoms with E-state index < -0.39 is 5.60 Å². The average Bonchev–Trinajstić information content (AvgIpc) is 3.12. The van der Waals surface area contributed by atoms with Gasteiger partial charge in [-0.3, -0.25) is 4.79 Å². The van der Waals surface area contributed by atoms with E-state index in [1.165, 1.54) is 5.56 Å². The van der Waals surface area contributed by atoms with E-state index in [0.717, 1.165) is 22.0 Å². The highest BCUT2D eigenvalue weighted by molar-refractivity contribution is 7.13. The summed E-state index contributed by atoms with van der Waals surface area (Å²) in [4.78, 5) is 22.1. The van der Waals surface area contributed by atoms with Gasteiger partial charge in [-0.05, 0) is 26.8 Å². The summed E-state index contributed by atoms with van der Waals surface area (Å²) >= 11 is 1.58. The van der Waals surface area contributed by atoms with E-state index in [1.54, 1.807) is 18.3 Å². The lowest BCUT2D eigenvalue weighted by Crippen LogP contribution is -2.44. The van der Waals surface area contributed by atoms with E-state index in [4.69, 9.17) is 4.84 Å². The first-order chi connectivity index (χ1) is 11.0. The lowest BCUT2D eigenvalue weighted by molar-refractivity contribution is -0.141. The zero-order valence-corrected chi connectivity index (χ0v) is 14.2. The minimum Gasteiger partial charge on any atom is -0.379 e. The van der Waals surface area contributed by atoms with Crippen molar-refractivity contribution in [2.24, 2.45) is 5.16 Å². The third kappa shape index (κ3) is 3.42. The molecule has 1 aliphatic rings. The van der Waals surface area contributed by atoms with Crippen LogP contribution in [0.15, 0.2) is 34.8 Å². The Hall–Kier alpha value is -2.21. The Bertz CT molecular complexity index is 769. The van der Waals surface area contributed by atoms with Crippen LogP contribution in [-0.4, -0.2) is 22.2 Å². The molecule has 1 N–H and O–H groups in total. The first kappa shape index (κ1) is 15.7. The number of hydrogen-bond donors (Lipinski definition) is 1. The highest BCUT2D eigenvalue weighted by atomic mass is 32.1. The Morgan fingerprint density at radius 3 is 2.96 bits per heavy atom. The van der Waals surface area contributed by atoms with Crippen LogP contribution in [0.4, 0.5) is 0 Å². The van der Waals surface area contributed by atoms with Crippen molar-refractivity contribution >= 4 is 23.0 Å². The number of aryl methyl sites for hydroxylation is 1. The third-order valence-corrected chi connectivity index (χ3v) is 4.66. The molecule has 0 spiro atoms. The fourth-order valence-corrected chi connectivity index (χ4v) is 3.33. The molecule has 0 aliphatic carbocycles. The summed E-state index contributed by atoms with van der Waals surface area (Å²) in [5.74, 6) is -0.164. The SMILES string of the molecule is CC1=NO[C@@](C)(C(=O)NCc2csc(-c3cccc(C)c3)n2)C1. The number of carbonyl (C=O) groups excluding carboxylic acids is 1. The molecule has 1 atom stereocenters. The summed E-state index contributed by atoms with van der Waals surface area (Å²) in [5.41, 5.74) is 3.08. The zero-order valence-electron chi connectivity index (χ0n) is 13.4. The van der Waals surface area contributed by atoms with Crippen molar-refractivity contribution in [2.75, 3.05) is 0 Å². The van der Waals surface area contributed by atoms with Gasteiger partial charge in [-0.15, -0.1) is 11.3 Å². The van der Waals surface area contributed by atoms with Gasteiger partial charge < -0.3 is 10.2 Å². The van der Waals surface area contributed by atoms with Crippen LogP contribution in [0.5, 0.6) is 0 Å². The summed E-state index contributed by atoms with van der Waals surface area (Å²) in [6.07, 6.45) is 0.518. The first-order valence-electron chi connectivity index (χ1n) is 7.48. The predicted molar refractivity (Wildman–Crippen MR) is 91.3 cm³/mol. The topological polar surface area (TPSA) is 63.6 Å². The molecule has 5 nitrogen and oxygen atoms in total.